The lowest BCUT2D eigenvalue weighted by molar-refractivity contribution is -0.143. The summed E-state index contributed by atoms with van der Waals surface area (Å²) in [5.74, 6) is -1.38. The molecule has 136 valence electrons. The summed E-state index contributed by atoms with van der Waals surface area (Å²) in [6.45, 7) is 4.74. The molecule has 0 radical (unpaired) electrons. The van der Waals surface area contributed by atoms with E-state index in [1.807, 2.05) is 0 Å². The third-order valence-electron chi connectivity index (χ3n) is 5.01. The lowest BCUT2D eigenvalue weighted by Gasteiger charge is -2.44. The maximum atomic E-state index is 13.1. The van der Waals surface area contributed by atoms with Crippen molar-refractivity contribution in [2.75, 3.05) is 26.2 Å². The Labute approximate surface area is 152 Å². The quantitative estimate of drug-likeness (QED) is 0.886. The van der Waals surface area contributed by atoms with Gasteiger partial charge in [-0.15, -0.1) is 0 Å². The van der Waals surface area contributed by atoms with Crippen molar-refractivity contribution >= 4 is 23.5 Å². The minimum Gasteiger partial charge on any atom is -0.480 e. The van der Waals surface area contributed by atoms with E-state index in [9.17, 15) is 14.7 Å². The van der Waals surface area contributed by atoms with Gasteiger partial charge in [0.1, 0.15) is 5.72 Å². The highest BCUT2D eigenvalue weighted by molar-refractivity contribution is 6.31. The van der Waals surface area contributed by atoms with Crippen molar-refractivity contribution in [1.29, 1.82) is 0 Å². The fourth-order valence-corrected chi connectivity index (χ4v) is 3.95. The predicted molar refractivity (Wildman–Crippen MR) is 93.7 cm³/mol. The highest BCUT2D eigenvalue weighted by Crippen LogP contribution is 2.38. The fraction of sp³-hybridized carbons (Fsp3) is 0.556. The zero-order valence-corrected chi connectivity index (χ0v) is 15.0. The van der Waals surface area contributed by atoms with Crippen molar-refractivity contribution in [3.63, 3.8) is 0 Å². The van der Waals surface area contributed by atoms with E-state index in [2.05, 4.69) is 11.8 Å². The molecule has 2 heterocycles. The van der Waals surface area contributed by atoms with E-state index in [0.717, 1.165) is 26.1 Å². The van der Waals surface area contributed by atoms with Gasteiger partial charge in [0.25, 0.3) is 5.91 Å². The number of amides is 1. The molecule has 1 aromatic carbocycles. The fourth-order valence-electron chi connectivity index (χ4n) is 3.76. The maximum absolute atomic E-state index is 13.1. The first-order valence-electron chi connectivity index (χ1n) is 8.65. The molecular formula is C18H23ClN2O4. The molecule has 2 saturated heterocycles. The van der Waals surface area contributed by atoms with E-state index < -0.39 is 17.7 Å². The van der Waals surface area contributed by atoms with Gasteiger partial charge >= 0.3 is 5.97 Å². The van der Waals surface area contributed by atoms with Gasteiger partial charge in [-0.1, -0.05) is 24.6 Å². The van der Waals surface area contributed by atoms with Gasteiger partial charge in [-0.25, -0.2) is 4.79 Å². The number of likely N-dealkylation sites (tertiary alicyclic amines) is 1. The SMILES string of the molecule is CCCN1CCC2(CC1)OCC(C(=O)O)N2C(=O)c1cccc(Cl)c1. The molecule has 2 aliphatic rings. The second-order valence-electron chi connectivity index (χ2n) is 6.64. The number of piperidine rings is 1. The Morgan fingerprint density at radius 1 is 1.36 bits per heavy atom. The van der Waals surface area contributed by atoms with E-state index in [1.54, 1.807) is 24.3 Å². The third-order valence-corrected chi connectivity index (χ3v) is 5.25. The van der Waals surface area contributed by atoms with Crippen LogP contribution in [0.25, 0.3) is 0 Å². The number of hydrogen-bond acceptors (Lipinski definition) is 4. The Kier molecular flexibility index (Phi) is 5.32. The summed E-state index contributed by atoms with van der Waals surface area (Å²) >= 11 is 6.00. The molecule has 7 heteroatoms. The Bertz CT molecular complexity index is 658. The number of hydrogen-bond donors (Lipinski definition) is 1. The molecule has 1 N–H and O–H groups in total. The van der Waals surface area contributed by atoms with E-state index >= 15 is 0 Å². The summed E-state index contributed by atoms with van der Waals surface area (Å²) < 4.78 is 5.93. The molecule has 1 aromatic rings. The van der Waals surface area contributed by atoms with Gasteiger partial charge in [-0.2, -0.15) is 0 Å². The normalized spacial score (nSPS) is 23.1. The molecule has 3 rings (SSSR count). The molecule has 0 aromatic heterocycles. The summed E-state index contributed by atoms with van der Waals surface area (Å²) in [7, 11) is 0. The van der Waals surface area contributed by atoms with Gasteiger partial charge in [0.05, 0.1) is 6.61 Å². The molecule has 1 atom stereocenters. The van der Waals surface area contributed by atoms with Gasteiger partial charge in [-0.05, 0) is 31.2 Å². The van der Waals surface area contributed by atoms with Crippen LogP contribution >= 0.6 is 11.6 Å². The second kappa shape index (κ2) is 7.32. The number of nitrogens with zero attached hydrogens (tertiary/aromatic N) is 2. The molecule has 1 spiro atoms. The minimum absolute atomic E-state index is 0.0232. The van der Waals surface area contributed by atoms with E-state index in [0.29, 0.717) is 23.4 Å². The van der Waals surface area contributed by atoms with Gasteiger partial charge < -0.3 is 14.7 Å². The van der Waals surface area contributed by atoms with Crippen LogP contribution < -0.4 is 0 Å². The Balaban J connectivity index is 1.88. The molecule has 2 fully saturated rings. The van der Waals surface area contributed by atoms with Crippen LogP contribution in [0, 0.1) is 0 Å². The number of ether oxygens (including phenoxy) is 1. The van der Waals surface area contributed by atoms with Crippen LogP contribution in [0.3, 0.4) is 0 Å². The van der Waals surface area contributed by atoms with Crippen molar-refractivity contribution < 1.29 is 19.4 Å². The van der Waals surface area contributed by atoms with Crippen LogP contribution in [0.4, 0.5) is 0 Å². The van der Waals surface area contributed by atoms with E-state index in [4.69, 9.17) is 16.3 Å². The van der Waals surface area contributed by atoms with Crippen LogP contribution in [-0.2, 0) is 9.53 Å². The zero-order chi connectivity index (χ0) is 18.0. The first-order valence-corrected chi connectivity index (χ1v) is 9.03. The maximum Gasteiger partial charge on any atom is 0.328 e. The summed E-state index contributed by atoms with van der Waals surface area (Å²) in [6, 6.07) is 5.64. The Morgan fingerprint density at radius 2 is 2.08 bits per heavy atom. The molecule has 6 nitrogen and oxygen atoms in total. The van der Waals surface area contributed by atoms with Crippen LogP contribution in [0.1, 0.15) is 36.5 Å². The summed E-state index contributed by atoms with van der Waals surface area (Å²) in [4.78, 5) is 28.6. The number of carboxylic acids is 1. The smallest absolute Gasteiger partial charge is 0.328 e. The van der Waals surface area contributed by atoms with Crippen LogP contribution in [-0.4, -0.2) is 64.8 Å². The summed E-state index contributed by atoms with van der Waals surface area (Å²) in [5, 5.41) is 10.0. The number of carbonyl (C=O) groups excluding carboxylic acids is 1. The largest absolute Gasteiger partial charge is 0.480 e. The number of rotatable bonds is 4. The number of benzene rings is 1. The number of carbonyl (C=O) groups is 2. The standard InChI is InChI=1S/C18H23ClN2O4/c1-2-8-20-9-6-18(7-10-20)21(15(12-25-18)17(23)24)16(22)13-4-3-5-14(19)11-13/h3-5,11,15H,2,6-10,12H2,1H3,(H,23,24). The van der Waals surface area contributed by atoms with Crippen LogP contribution in [0.15, 0.2) is 24.3 Å². The molecule has 2 aliphatic heterocycles. The average molecular weight is 367 g/mol. The highest BCUT2D eigenvalue weighted by atomic mass is 35.5. The van der Waals surface area contributed by atoms with Crippen molar-refractivity contribution in [2.24, 2.45) is 0 Å². The molecule has 0 aliphatic carbocycles. The average Bonchev–Trinajstić information content (AvgIpc) is 2.96. The van der Waals surface area contributed by atoms with Crippen molar-refractivity contribution in [1.82, 2.24) is 9.80 Å². The second-order valence-corrected chi connectivity index (χ2v) is 7.07. The predicted octanol–water partition coefficient (Wildman–Crippen LogP) is 2.47. The Morgan fingerprint density at radius 3 is 2.68 bits per heavy atom. The highest BCUT2D eigenvalue weighted by Gasteiger charge is 2.53. The molecule has 1 unspecified atom stereocenters. The minimum atomic E-state index is -1.04. The molecule has 25 heavy (non-hydrogen) atoms. The lowest BCUT2D eigenvalue weighted by Crippen LogP contribution is -2.58. The molecule has 1 amide bonds. The van der Waals surface area contributed by atoms with E-state index in [1.165, 1.54) is 4.90 Å². The monoisotopic (exact) mass is 366 g/mol. The molecule has 0 saturated carbocycles. The third kappa shape index (κ3) is 3.52. The van der Waals surface area contributed by atoms with Crippen LogP contribution in [0.2, 0.25) is 5.02 Å². The van der Waals surface area contributed by atoms with Gasteiger partial charge in [0.15, 0.2) is 6.04 Å². The lowest BCUT2D eigenvalue weighted by atomic mass is 9.96. The number of aliphatic carboxylic acids is 1. The van der Waals surface area contributed by atoms with Gasteiger partial charge in [-0.3, -0.25) is 9.69 Å². The van der Waals surface area contributed by atoms with Gasteiger partial charge in [0.2, 0.25) is 0 Å². The van der Waals surface area contributed by atoms with Gasteiger partial charge in [0, 0.05) is 36.5 Å². The van der Waals surface area contributed by atoms with Crippen LogP contribution in [0.5, 0.6) is 0 Å². The molecular weight excluding hydrogens is 344 g/mol. The first-order chi connectivity index (χ1) is 12.0. The van der Waals surface area contributed by atoms with Crippen molar-refractivity contribution in [3.8, 4) is 0 Å². The zero-order valence-electron chi connectivity index (χ0n) is 14.3. The summed E-state index contributed by atoms with van der Waals surface area (Å²) in [6.07, 6.45) is 2.29. The topological polar surface area (TPSA) is 70.1 Å². The molecule has 0 bridgehead atoms. The van der Waals surface area contributed by atoms with Crippen molar-refractivity contribution in [2.45, 2.75) is 38.0 Å². The van der Waals surface area contributed by atoms with Crippen molar-refractivity contribution in [3.05, 3.63) is 34.9 Å². The Hall–Kier alpha value is -1.63. The number of carboxylic acid groups (broad SMARTS) is 1. The number of halogens is 1. The first kappa shape index (κ1) is 18.2. The van der Waals surface area contributed by atoms with E-state index in [-0.39, 0.29) is 12.5 Å². The summed E-state index contributed by atoms with van der Waals surface area (Å²) in [5.41, 5.74) is -0.452.